The Morgan fingerprint density at radius 3 is 2.81 bits per heavy atom. The van der Waals surface area contributed by atoms with Gasteiger partial charge >= 0.3 is 0 Å². The second-order valence-electron chi connectivity index (χ2n) is 7.19. The topological polar surface area (TPSA) is 57.8 Å². The first-order valence-electron chi connectivity index (χ1n) is 9.70. The summed E-state index contributed by atoms with van der Waals surface area (Å²) in [6.45, 7) is 4.04. The number of hydrogen-bond donors (Lipinski definition) is 1. The van der Waals surface area contributed by atoms with Crippen molar-refractivity contribution >= 4 is 11.5 Å². The first-order chi connectivity index (χ1) is 13.2. The Kier molecular flexibility index (Phi) is 5.34. The summed E-state index contributed by atoms with van der Waals surface area (Å²) in [7, 11) is 1.72. The Morgan fingerprint density at radius 2 is 2.00 bits per heavy atom. The fourth-order valence-corrected chi connectivity index (χ4v) is 4.16. The summed E-state index contributed by atoms with van der Waals surface area (Å²) in [5.74, 6) is 1.85. The van der Waals surface area contributed by atoms with Crippen LogP contribution in [0.25, 0.3) is 0 Å². The maximum Gasteiger partial charge on any atom is 0.251 e. The van der Waals surface area contributed by atoms with Gasteiger partial charge < -0.3 is 24.3 Å². The van der Waals surface area contributed by atoms with Crippen LogP contribution in [0.5, 0.6) is 5.75 Å². The normalized spacial score (nSPS) is 20.1. The first kappa shape index (κ1) is 17.9. The molecule has 0 spiro atoms. The molecular weight excluding hydrogens is 342 g/mol. The molecule has 1 aromatic carbocycles. The SMILES string of the molecule is COc1ccccc1CC1CCCN1c1cc(N2CCOCC2)cc(=O)[nH]1. The van der Waals surface area contributed by atoms with E-state index >= 15 is 0 Å². The molecule has 1 atom stereocenters. The number of nitrogens with one attached hydrogen (secondary N) is 1. The molecular formula is C21H27N3O3. The summed E-state index contributed by atoms with van der Waals surface area (Å²) in [6.07, 6.45) is 3.15. The molecule has 0 radical (unpaired) electrons. The maximum absolute atomic E-state index is 12.3. The smallest absolute Gasteiger partial charge is 0.251 e. The number of aromatic nitrogens is 1. The summed E-state index contributed by atoms with van der Waals surface area (Å²) in [4.78, 5) is 19.9. The molecule has 144 valence electrons. The largest absolute Gasteiger partial charge is 0.496 e. The van der Waals surface area contributed by atoms with Gasteiger partial charge in [-0.2, -0.15) is 0 Å². The van der Waals surface area contributed by atoms with Crippen molar-refractivity contribution in [2.75, 3.05) is 49.8 Å². The third kappa shape index (κ3) is 3.95. The molecule has 6 nitrogen and oxygen atoms in total. The van der Waals surface area contributed by atoms with Crippen LogP contribution in [0.15, 0.2) is 41.2 Å². The van der Waals surface area contributed by atoms with Crippen LogP contribution in [0.2, 0.25) is 0 Å². The van der Waals surface area contributed by atoms with Crippen molar-refractivity contribution < 1.29 is 9.47 Å². The zero-order valence-electron chi connectivity index (χ0n) is 15.8. The summed E-state index contributed by atoms with van der Waals surface area (Å²) >= 11 is 0. The molecule has 0 amide bonds. The molecule has 2 aliphatic rings. The number of ether oxygens (including phenoxy) is 2. The van der Waals surface area contributed by atoms with Crippen LogP contribution in [0.1, 0.15) is 18.4 Å². The average Bonchev–Trinajstić information content (AvgIpc) is 3.17. The molecule has 6 heteroatoms. The van der Waals surface area contributed by atoms with Crippen molar-refractivity contribution in [2.45, 2.75) is 25.3 Å². The number of aromatic amines is 1. The van der Waals surface area contributed by atoms with Gasteiger partial charge in [-0.15, -0.1) is 0 Å². The molecule has 1 unspecified atom stereocenters. The highest BCUT2D eigenvalue weighted by Gasteiger charge is 2.27. The monoisotopic (exact) mass is 369 g/mol. The van der Waals surface area contributed by atoms with Crippen molar-refractivity contribution in [1.82, 2.24) is 4.98 Å². The van der Waals surface area contributed by atoms with Crippen molar-refractivity contribution in [3.63, 3.8) is 0 Å². The van der Waals surface area contributed by atoms with Crippen LogP contribution in [-0.2, 0) is 11.2 Å². The van der Waals surface area contributed by atoms with Crippen LogP contribution in [0, 0.1) is 0 Å². The minimum atomic E-state index is -0.0445. The molecule has 0 bridgehead atoms. The van der Waals surface area contributed by atoms with E-state index in [-0.39, 0.29) is 5.56 Å². The summed E-state index contributed by atoms with van der Waals surface area (Å²) in [6, 6.07) is 12.4. The van der Waals surface area contributed by atoms with Crippen molar-refractivity contribution in [3.8, 4) is 5.75 Å². The number of H-pyrrole nitrogens is 1. The molecule has 0 aliphatic carbocycles. The lowest BCUT2D eigenvalue weighted by atomic mass is 10.0. The van der Waals surface area contributed by atoms with Gasteiger partial charge in [-0.3, -0.25) is 4.79 Å². The fraction of sp³-hybridized carbons (Fsp3) is 0.476. The standard InChI is InChI=1S/C21H27N3O3/c1-26-19-7-3-2-5-16(19)13-17-6-4-8-24(17)20-14-18(15-21(25)22-20)23-9-11-27-12-10-23/h2-3,5,7,14-15,17H,4,6,8-13H2,1H3,(H,22,25). The zero-order valence-corrected chi connectivity index (χ0v) is 15.8. The predicted octanol–water partition coefficient (Wildman–Crippen LogP) is 2.43. The summed E-state index contributed by atoms with van der Waals surface area (Å²) < 4.78 is 11.0. The number of pyridine rings is 1. The zero-order chi connectivity index (χ0) is 18.6. The molecule has 2 saturated heterocycles. The van der Waals surface area contributed by atoms with E-state index in [1.807, 2.05) is 12.1 Å². The summed E-state index contributed by atoms with van der Waals surface area (Å²) in [5.41, 5.74) is 2.15. The lowest BCUT2D eigenvalue weighted by molar-refractivity contribution is 0.122. The molecule has 4 rings (SSSR count). The molecule has 0 saturated carbocycles. The third-order valence-corrected chi connectivity index (χ3v) is 5.53. The van der Waals surface area contributed by atoms with E-state index in [4.69, 9.17) is 9.47 Å². The molecule has 3 heterocycles. The Balaban J connectivity index is 1.58. The maximum atomic E-state index is 12.3. The molecule has 1 N–H and O–H groups in total. The lowest BCUT2D eigenvalue weighted by Gasteiger charge is -2.31. The molecule has 2 aromatic rings. The highest BCUT2D eigenvalue weighted by atomic mass is 16.5. The van der Waals surface area contributed by atoms with Gasteiger partial charge in [0.2, 0.25) is 0 Å². The Labute approximate surface area is 159 Å². The minimum Gasteiger partial charge on any atom is -0.496 e. The number of nitrogens with zero attached hydrogens (tertiary/aromatic N) is 2. The number of para-hydroxylation sites is 1. The van der Waals surface area contributed by atoms with Crippen molar-refractivity contribution in [2.24, 2.45) is 0 Å². The van der Waals surface area contributed by atoms with Gasteiger partial charge in [0.15, 0.2) is 0 Å². The highest BCUT2D eigenvalue weighted by molar-refractivity contribution is 5.56. The molecule has 27 heavy (non-hydrogen) atoms. The summed E-state index contributed by atoms with van der Waals surface area (Å²) in [5, 5.41) is 0. The van der Waals surface area contributed by atoms with E-state index in [0.717, 1.165) is 56.2 Å². The van der Waals surface area contributed by atoms with Gasteiger partial charge in [0.1, 0.15) is 11.6 Å². The Morgan fingerprint density at radius 1 is 1.19 bits per heavy atom. The highest BCUT2D eigenvalue weighted by Crippen LogP contribution is 2.30. The second kappa shape index (κ2) is 8.05. The quantitative estimate of drug-likeness (QED) is 0.877. The molecule has 2 fully saturated rings. The lowest BCUT2D eigenvalue weighted by Crippen LogP contribution is -2.37. The number of rotatable bonds is 5. The van der Waals surface area contributed by atoms with Gasteiger partial charge in [0.25, 0.3) is 5.56 Å². The first-order valence-corrected chi connectivity index (χ1v) is 9.70. The van der Waals surface area contributed by atoms with Gasteiger partial charge in [-0.1, -0.05) is 18.2 Å². The van der Waals surface area contributed by atoms with Crippen molar-refractivity contribution in [3.05, 3.63) is 52.3 Å². The van der Waals surface area contributed by atoms with Crippen LogP contribution in [0.4, 0.5) is 11.5 Å². The number of benzene rings is 1. The van der Waals surface area contributed by atoms with Crippen LogP contribution >= 0.6 is 0 Å². The van der Waals surface area contributed by atoms with Crippen molar-refractivity contribution in [1.29, 1.82) is 0 Å². The van der Waals surface area contributed by atoms with Gasteiger partial charge in [0, 0.05) is 43.5 Å². The van der Waals surface area contributed by atoms with E-state index in [0.29, 0.717) is 19.3 Å². The van der Waals surface area contributed by atoms with E-state index in [2.05, 4.69) is 33.0 Å². The second-order valence-corrected chi connectivity index (χ2v) is 7.19. The van der Waals surface area contributed by atoms with E-state index in [1.54, 1.807) is 13.2 Å². The fourth-order valence-electron chi connectivity index (χ4n) is 4.16. The number of methoxy groups -OCH3 is 1. The third-order valence-electron chi connectivity index (χ3n) is 5.53. The van der Waals surface area contributed by atoms with Gasteiger partial charge in [-0.05, 0) is 30.9 Å². The van der Waals surface area contributed by atoms with Gasteiger partial charge in [-0.25, -0.2) is 0 Å². The minimum absolute atomic E-state index is 0.0445. The number of morpholine rings is 1. The Bertz CT molecular complexity index is 829. The predicted molar refractivity (Wildman–Crippen MR) is 107 cm³/mol. The molecule has 1 aromatic heterocycles. The number of hydrogen-bond acceptors (Lipinski definition) is 5. The van der Waals surface area contributed by atoms with Gasteiger partial charge in [0.05, 0.1) is 20.3 Å². The van der Waals surface area contributed by atoms with Crippen LogP contribution in [-0.4, -0.2) is 51.0 Å². The molecule has 2 aliphatic heterocycles. The van der Waals surface area contributed by atoms with Crippen LogP contribution < -0.4 is 20.1 Å². The van der Waals surface area contributed by atoms with Crippen LogP contribution in [0.3, 0.4) is 0 Å². The number of anilines is 2. The Hall–Kier alpha value is -2.47. The van der Waals surface area contributed by atoms with E-state index in [1.165, 1.54) is 5.56 Å². The average molecular weight is 369 g/mol. The van der Waals surface area contributed by atoms with E-state index < -0.39 is 0 Å². The van der Waals surface area contributed by atoms with E-state index in [9.17, 15) is 4.79 Å².